The van der Waals surface area contributed by atoms with Gasteiger partial charge in [0.05, 0.1) is 35.2 Å². The molecule has 0 unspecified atom stereocenters. The van der Waals surface area contributed by atoms with Crippen LogP contribution in [0.15, 0.2) is 65.3 Å². The summed E-state index contributed by atoms with van der Waals surface area (Å²) in [5, 5.41) is 43.0. The monoisotopic (exact) mass is 562 g/mol. The number of aliphatic hydroxyl groups is 2. The number of non-ortho nitro benzene ring substituents is 1. The number of aliphatic hydroxyl groups excluding tert-OH is 2. The van der Waals surface area contributed by atoms with Gasteiger partial charge in [-0.3, -0.25) is 19.7 Å². The molecule has 2 aromatic carbocycles. The summed E-state index contributed by atoms with van der Waals surface area (Å²) in [6, 6.07) is 12.4. The zero-order valence-corrected chi connectivity index (χ0v) is 23.5. The van der Waals surface area contributed by atoms with Crippen LogP contribution in [0.3, 0.4) is 0 Å². The molecule has 2 aromatic rings. The van der Waals surface area contributed by atoms with Crippen molar-refractivity contribution in [2.24, 2.45) is 17.8 Å². The molecule has 1 fully saturated rings. The van der Waals surface area contributed by atoms with Gasteiger partial charge in [0.15, 0.2) is 0 Å². The maximum absolute atomic E-state index is 13.7. The molecule has 0 bridgehead atoms. The van der Waals surface area contributed by atoms with E-state index in [2.05, 4.69) is 13.0 Å². The second-order valence-electron chi connectivity index (χ2n) is 10.9. The number of imide groups is 1. The molecule has 218 valence electrons. The number of fused-ring (bicyclic) bond motifs is 1. The van der Waals surface area contributed by atoms with E-state index in [4.69, 9.17) is 0 Å². The van der Waals surface area contributed by atoms with E-state index < -0.39 is 47.2 Å². The Morgan fingerprint density at radius 2 is 1.83 bits per heavy atom. The van der Waals surface area contributed by atoms with Gasteiger partial charge in [-0.2, -0.15) is 0 Å². The summed E-state index contributed by atoms with van der Waals surface area (Å²) in [7, 11) is 0. The molecule has 0 spiro atoms. The molecule has 0 aromatic heterocycles. The van der Waals surface area contributed by atoms with Crippen LogP contribution in [0.25, 0.3) is 6.08 Å². The molecule has 41 heavy (non-hydrogen) atoms. The molecule has 2 aliphatic rings. The second kappa shape index (κ2) is 13.2. The minimum atomic E-state index is -0.899. The largest absolute Gasteiger partial charge is 0.508 e. The number of nitrogens with zero attached hydrogens (tertiary/aromatic N) is 2. The highest BCUT2D eigenvalue weighted by Crippen LogP contribution is 2.48. The van der Waals surface area contributed by atoms with Crippen LogP contribution in [0.4, 0.5) is 11.4 Å². The zero-order chi connectivity index (χ0) is 29.7. The van der Waals surface area contributed by atoms with Crippen molar-refractivity contribution >= 4 is 29.3 Å². The van der Waals surface area contributed by atoms with Crippen molar-refractivity contribution in [3.05, 3.63) is 80.9 Å². The molecule has 4 atom stereocenters. The number of aromatic hydroxyl groups is 1. The predicted octanol–water partition coefficient (Wildman–Crippen LogP) is 5.54. The number of allylic oxidation sites excluding steroid dienone is 2. The summed E-state index contributed by atoms with van der Waals surface area (Å²) in [4.78, 5) is 39.0. The number of carbonyl (C=O) groups is 2. The number of hydrogen-bond donors (Lipinski definition) is 3. The Morgan fingerprint density at radius 1 is 1.10 bits per heavy atom. The minimum Gasteiger partial charge on any atom is -0.508 e. The Hall–Kier alpha value is -3.82. The van der Waals surface area contributed by atoms with Crippen LogP contribution in [0.2, 0.25) is 0 Å². The van der Waals surface area contributed by atoms with Crippen LogP contribution in [0.5, 0.6) is 5.75 Å². The van der Waals surface area contributed by atoms with Gasteiger partial charge < -0.3 is 15.3 Å². The molecule has 1 saturated heterocycles. The quantitative estimate of drug-likeness (QED) is 0.133. The summed E-state index contributed by atoms with van der Waals surface area (Å²) < 4.78 is 0. The van der Waals surface area contributed by atoms with E-state index in [1.165, 1.54) is 24.3 Å². The van der Waals surface area contributed by atoms with Gasteiger partial charge in [-0.15, -0.1) is 0 Å². The third-order valence-electron chi connectivity index (χ3n) is 8.16. The van der Waals surface area contributed by atoms with Gasteiger partial charge in [-0.25, -0.2) is 4.90 Å². The molecule has 2 amide bonds. The normalized spacial score (nSPS) is 21.8. The van der Waals surface area contributed by atoms with Crippen LogP contribution in [0, 0.1) is 27.9 Å². The number of anilines is 1. The number of amides is 2. The molecule has 9 heteroatoms. The highest BCUT2D eigenvalue weighted by molar-refractivity contribution is 6.22. The van der Waals surface area contributed by atoms with E-state index in [1.807, 2.05) is 19.1 Å². The highest BCUT2D eigenvalue weighted by Gasteiger charge is 2.55. The number of phenols is 1. The lowest BCUT2D eigenvalue weighted by Crippen LogP contribution is -2.39. The van der Waals surface area contributed by atoms with E-state index in [9.17, 15) is 35.0 Å². The SMILES string of the molecule is CCCC1=C([C@H](O)CC/C(=C/c2ccc(O)cc2)CCC)[C@H](CO)[C@@H]2C(=O)N(c3cccc([N+](=O)[O-])c3)C(=O)[C@@H]2C1. The number of benzene rings is 2. The third kappa shape index (κ3) is 6.41. The van der Waals surface area contributed by atoms with E-state index in [-0.39, 0.29) is 17.1 Å². The molecule has 1 aliphatic heterocycles. The van der Waals surface area contributed by atoms with Crippen molar-refractivity contribution in [2.45, 2.75) is 64.9 Å². The van der Waals surface area contributed by atoms with Gasteiger partial charge >= 0.3 is 0 Å². The average Bonchev–Trinajstić information content (AvgIpc) is 3.21. The maximum Gasteiger partial charge on any atom is 0.271 e. The lowest BCUT2D eigenvalue weighted by atomic mass is 9.67. The van der Waals surface area contributed by atoms with Gasteiger partial charge in [-0.1, -0.05) is 62.1 Å². The van der Waals surface area contributed by atoms with Crippen LogP contribution < -0.4 is 4.90 Å². The molecule has 4 rings (SSSR count). The lowest BCUT2D eigenvalue weighted by Gasteiger charge is -2.36. The molecular weight excluding hydrogens is 524 g/mol. The zero-order valence-electron chi connectivity index (χ0n) is 23.5. The number of hydrogen-bond acceptors (Lipinski definition) is 7. The summed E-state index contributed by atoms with van der Waals surface area (Å²) in [5.41, 5.74) is 3.58. The average molecular weight is 563 g/mol. The third-order valence-corrected chi connectivity index (χ3v) is 8.16. The second-order valence-corrected chi connectivity index (χ2v) is 10.9. The molecule has 1 heterocycles. The number of rotatable bonds is 12. The van der Waals surface area contributed by atoms with E-state index in [0.29, 0.717) is 31.3 Å². The Morgan fingerprint density at radius 3 is 2.46 bits per heavy atom. The summed E-state index contributed by atoms with van der Waals surface area (Å²) in [6.45, 7) is 3.70. The number of carbonyl (C=O) groups excluding carboxylic acids is 2. The number of nitro benzene ring substituents is 1. The van der Waals surface area contributed by atoms with Gasteiger partial charge in [0.1, 0.15) is 5.75 Å². The van der Waals surface area contributed by atoms with Crippen LogP contribution in [-0.4, -0.2) is 44.8 Å². The fourth-order valence-corrected chi connectivity index (χ4v) is 6.37. The Labute approximate surface area is 240 Å². The first-order valence-electron chi connectivity index (χ1n) is 14.3. The standard InChI is InChI=1S/C32H38N2O7/c1-3-6-20(16-21-10-13-25(36)14-11-21)12-15-28(37)29-22(7-4-2)17-26-30(27(29)19-35)32(39)33(31(26)38)23-8-5-9-24(18-23)34(40)41/h5,8-11,13-14,16,18,26-28,30,35-37H,3-4,6-7,12,15,17,19H2,1-2H3/b20-16+/t26-,27+,28-,30-/m1/s1. The van der Waals surface area contributed by atoms with Crippen molar-refractivity contribution < 1.29 is 29.8 Å². The minimum absolute atomic E-state index is 0.142. The Bertz CT molecular complexity index is 1350. The smallest absolute Gasteiger partial charge is 0.271 e. The van der Waals surface area contributed by atoms with Gasteiger partial charge in [-0.05, 0) is 61.4 Å². The fraction of sp³-hybridized carbons (Fsp3) is 0.438. The van der Waals surface area contributed by atoms with Crippen LogP contribution >= 0.6 is 0 Å². The summed E-state index contributed by atoms with van der Waals surface area (Å²) in [5.74, 6) is -3.00. The lowest BCUT2D eigenvalue weighted by molar-refractivity contribution is -0.384. The first kappa shape index (κ1) is 30.1. The fourth-order valence-electron chi connectivity index (χ4n) is 6.37. The van der Waals surface area contributed by atoms with E-state index in [1.54, 1.807) is 12.1 Å². The van der Waals surface area contributed by atoms with Gasteiger partial charge in [0, 0.05) is 18.1 Å². The first-order valence-corrected chi connectivity index (χ1v) is 14.3. The van der Waals surface area contributed by atoms with Gasteiger partial charge in [0.2, 0.25) is 11.8 Å². The van der Waals surface area contributed by atoms with Crippen molar-refractivity contribution in [3.8, 4) is 5.75 Å². The van der Waals surface area contributed by atoms with E-state index >= 15 is 0 Å². The first-order chi connectivity index (χ1) is 19.7. The molecule has 1 aliphatic carbocycles. The molecule has 3 N–H and O–H groups in total. The van der Waals surface area contributed by atoms with E-state index in [0.717, 1.165) is 40.9 Å². The van der Waals surface area contributed by atoms with Gasteiger partial charge in [0.25, 0.3) is 5.69 Å². The summed E-state index contributed by atoms with van der Waals surface area (Å²) >= 11 is 0. The Kier molecular flexibility index (Phi) is 9.73. The van der Waals surface area contributed by atoms with Crippen molar-refractivity contribution in [2.75, 3.05) is 11.5 Å². The molecular formula is C32H38N2O7. The topological polar surface area (TPSA) is 141 Å². The number of phenolic OH excluding ortho intramolecular Hbond substituents is 1. The highest BCUT2D eigenvalue weighted by atomic mass is 16.6. The van der Waals surface area contributed by atoms with Crippen molar-refractivity contribution in [3.63, 3.8) is 0 Å². The molecule has 0 saturated carbocycles. The van der Waals surface area contributed by atoms with Crippen LogP contribution in [-0.2, 0) is 9.59 Å². The Balaban J connectivity index is 1.61. The van der Waals surface area contributed by atoms with Crippen molar-refractivity contribution in [1.29, 1.82) is 0 Å². The maximum atomic E-state index is 13.7. The van der Waals surface area contributed by atoms with Crippen LogP contribution in [0.1, 0.15) is 64.4 Å². The molecule has 9 nitrogen and oxygen atoms in total. The molecule has 0 radical (unpaired) electrons. The predicted molar refractivity (Wildman–Crippen MR) is 156 cm³/mol. The summed E-state index contributed by atoms with van der Waals surface area (Å²) in [6.07, 6.45) is 5.66. The van der Waals surface area contributed by atoms with Crippen molar-refractivity contribution in [1.82, 2.24) is 0 Å². The number of nitro groups is 1.